The van der Waals surface area contributed by atoms with Crippen LogP contribution in [0.4, 0.5) is 0 Å². The van der Waals surface area contributed by atoms with Gasteiger partial charge >= 0.3 is 11.9 Å². The molecule has 0 aromatic carbocycles. The average Bonchev–Trinajstić information content (AvgIpc) is 2.61. The van der Waals surface area contributed by atoms with E-state index >= 15 is 0 Å². The van der Waals surface area contributed by atoms with E-state index in [1.54, 1.807) is 41.5 Å². The first kappa shape index (κ1) is 18.9. The van der Waals surface area contributed by atoms with Gasteiger partial charge in [0.2, 0.25) is 0 Å². The van der Waals surface area contributed by atoms with Gasteiger partial charge in [-0.3, -0.25) is 9.59 Å². The minimum Gasteiger partial charge on any atom is -0.462 e. The zero-order chi connectivity index (χ0) is 17.3. The Balaban J connectivity index is 2.71. The van der Waals surface area contributed by atoms with Crippen molar-refractivity contribution in [2.75, 3.05) is 6.61 Å². The van der Waals surface area contributed by atoms with E-state index in [4.69, 9.17) is 14.2 Å². The van der Waals surface area contributed by atoms with Crippen LogP contribution in [-0.2, 0) is 23.8 Å². The summed E-state index contributed by atoms with van der Waals surface area (Å²) < 4.78 is 15.4. The predicted molar refractivity (Wildman–Crippen MR) is 76.6 cm³/mol. The molecule has 128 valence electrons. The number of esters is 2. The summed E-state index contributed by atoms with van der Waals surface area (Å²) in [6.45, 7) is 9.89. The first-order valence-corrected chi connectivity index (χ1v) is 7.24. The maximum absolute atomic E-state index is 11.9. The molecule has 1 heterocycles. The van der Waals surface area contributed by atoms with E-state index in [1.165, 1.54) is 0 Å². The van der Waals surface area contributed by atoms with Gasteiger partial charge in [0, 0.05) is 0 Å². The molecule has 22 heavy (non-hydrogen) atoms. The van der Waals surface area contributed by atoms with Crippen LogP contribution in [0.25, 0.3) is 0 Å². The molecule has 0 aromatic heterocycles. The number of ether oxygens (including phenoxy) is 3. The highest BCUT2D eigenvalue weighted by Crippen LogP contribution is 2.27. The van der Waals surface area contributed by atoms with Gasteiger partial charge in [-0.25, -0.2) is 0 Å². The molecule has 0 aliphatic carbocycles. The number of carbonyl (C=O) groups is 2. The van der Waals surface area contributed by atoms with E-state index < -0.39 is 47.4 Å². The number of aliphatic hydroxyl groups is 2. The molecule has 0 bridgehead atoms. The molecule has 1 aliphatic rings. The fourth-order valence-corrected chi connectivity index (χ4v) is 1.67. The molecule has 0 radical (unpaired) electrons. The first-order chi connectivity index (χ1) is 9.84. The fourth-order valence-electron chi connectivity index (χ4n) is 1.67. The van der Waals surface area contributed by atoms with Gasteiger partial charge in [0.1, 0.15) is 18.8 Å². The van der Waals surface area contributed by atoms with E-state index in [1.807, 2.05) is 0 Å². The quantitative estimate of drug-likeness (QED) is 0.735. The SMILES string of the molecule is CC(C)(C)C(=O)OC[C@H]1OC(O)[C@H](O)[C@H]1OC(=O)C(C)(C)C. The van der Waals surface area contributed by atoms with Crippen LogP contribution in [0.1, 0.15) is 41.5 Å². The van der Waals surface area contributed by atoms with Crippen molar-refractivity contribution in [2.45, 2.75) is 66.1 Å². The van der Waals surface area contributed by atoms with Crippen molar-refractivity contribution in [2.24, 2.45) is 10.8 Å². The van der Waals surface area contributed by atoms with Crippen molar-refractivity contribution in [1.82, 2.24) is 0 Å². The highest BCUT2D eigenvalue weighted by molar-refractivity contribution is 5.76. The lowest BCUT2D eigenvalue weighted by Gasteiger charge is -2.25. The van der Waals surface area contributed by atoms with E-state index in [-0.39, 0.29) is 6.61 Å². The molecule has 0 amide bonds. The van der Waals surface area contributed by atoms with Crippen molar-refractivity contribution in [3.05, 3.63) is 0 Å². The zero-order valence-corrected chi connectivity index (χ0v) is 14.0. The summed E-state index contributed by atoms with van der Waals surface area (Å²) in [7, 11) is 0. The second kappa shape index (κ2) is 6.52. The molecule has 1 fully saturated rings. The molecule has 4 atom stereocenters. The lowest BCUT2D eigenvalue weighted by Crippen LogP contribution is -2.42. The van der Waals surface area contributed by atoms with Crippen LogP contribution in [0, 0.1) is 10.8 Å². The lowest BCUT2D eigenvalue weighted by atomic mass is 9.97. The summed E-state index contributed by atoms with van der Waals surface area (Å²) in [5.74, 6) is -0.991. The second-order valence-corrected chi connectivity index (χ2v) is 7.52. The Kier molecular flexibility index (Phi) is 5.59. The van der Waals surface area contributed by atoms with Crippen molar-refractivity contribution in [1.29, 1.82) is 0 Å². The highest BCUT2D eigenvalue weighted by Gasteiger charge is 2.47. The molecule has 1 saturated heterocycles. The minimum absolute atomic E-state index is 0.216. The molecule has 1 aliphatic heterocycles. The van der Waals surface area contributed by atoms with Gasteiger partial charge in [0.15, 0.2) is 12.4 Å². The van der Waals surface area contributed by atoms with Crippen LogP contribution in [0.5, 0.6) is 0 Å². The predicted octanol–water partition coefficient (Wildman–Crippen LogP) is 0.612. The third-order valence-electron chi connectivity index (χ3n) is 3.16. The number of hydrogen-bond acceptors (Lipinski definition) is 7. The molecule has 7 heteroatoms. The largest absolute Gasteiger partial charge is 0.462 e. The first-order valence-electron chi connectivity index (χ1n) is 7.24. The molecule has 1 unspecified atom stereocenters. The van der Waals surface area contributed by atoms with Gasteiger partial charge in [-0.2, -0.15) is 0 Å². The number of rotatable bonds is 3. The van der Waals surface area contributed by atoms with Gasteiger partial charge in [-0.1, -0.05) is 0 Å². The third kappa shape index (κ3) is 4.66. The van der Waals surface area contributed by atoms with E-state index in [9.17, 15) is 19.8 Å². The van der Waals surface area contributed by atoms with E-state index in [0.29, 0.717) is 0 Å². The topological polar surface area (TPSA) is 102 Å². The van der Waals surface area contributed by atoms with Gasteiger partial charge < -0.3 is 24.4 Å². The van der Waals surface area contributed by atoms with E-state index in [2.05, 4.69) is 0 Å². The Morgan fingerprint density at radius 1 is 1.00 bits per heavy atom. The molecule has 0 aromatic rings. The van der Waals surface area contributed by atoms with Gasteiger partial charge in [-0.05, 0) is 41.5 Å². The third-order valence-corrected chi connectivity index (χ3v) is 3.16. The Morgan fingerprint density at radius 3 is 1.95 bits per heavy atom. The highest BCUT2D eigenvalue weighted by atomic mass is 16.7. The van der Waals surface area contributed by atoms with Crippen molar-refractivity contribution < 1.29 is 34.0 Å². The van der Waals surface area contributed by atoms with Crippen molar-refractivity contribution >= 4 is 11.9 Å². The van der Waals surface area contributed by atoms with Crippen molar-refractivity contribution in [3.8, 4) is 0 Å². The van der Waals surface area contributed by atoms with Gasteiger partial charge in [0.05, 0.1) is 10.8 Å². The summed E-state index contributed by atoms with van der Waals surface area (Å²) in [5, 5.41) is 19.5. The van der Waals surface area contributed by atoms with Crippen LogP contribution < -0.4 is 0 Å². The molecule has 0 saturated carbocycles. The molecular weight excluding hydrogens is 292 g/mol. The van der Waals surface area contributed by atoms with Crippen LogP contribution in [-0.4, -0.2) is 53.4 Å². The van der Waals surface area contributed by atoms with Crippen LogP contribution in [0.15, 0.2) is 0 Å². The van der Waals surface area contributed by atoms with E-state index in [0.717, 1.165) is 0 Å². The summed E-state index contributed by atoms with van der Waals surface area (Å²) >= 11 is 0. The van der Waals surface area contributed by atoms with Crippen molar-refractivity contribution in [3.63, 3.8) is 0 Å². The Morgan fingerprint density at radius 2 is 1.50 bits per heavy atom. The number of carbonyl (C=O) groups excluding carboxylic acids is 2. The minimum atomic E-state index is -1.49. The normalized spacial score (nSPS) is 29.3. The van der Waals surface area contributed by atoms with Crippen LogP contribution >= 0.6 is 0 Å². The van der Waals surface area contributed by atoms with Crippen LogP contribution in [0.3, 0.4) is 0 Å². The number of aliphatic hydroxyl groups excluding tert-OH is 2. The molecule has 1 rings (SSSR count). The molecular formula is C15H26O7. The summed E-state index contributed by atoms with van der Waals surface area (Å²) in [6, 6.07) is 0. The summed E-state index contributed by atoms with van der Waals surface area (Å²) in [5.41, 5.74) is -1.45. The summed E-state index contributed by atoms with van der Waals surface area (Å²) in [4.78, 5) is 23.7. The van der Waals surface area contributed by atoms with Gasteiger partial charge in [-0.15, -0.1) is 0 Å². The summed E-state index contributed by atoms with van der Waals surface area (Å²) in [6.07, 6.45) is -4.88. The molecule has 0 spiro atoms. The smallest absolute Gasteiger partial charge is 0.311 e. The Bertz CT molecular complexity index is 419. The lowest BCUT2D eigenvalue weighted by molar-refractivity contribution is -0.170. The maximum Gasteiger partial charge on any atom is 0.311 e. The van der Waals surface area contributed by atoms with Gasteiger partial charge in [0.25, 0.3) is 0 Å². The Labute approximate surface area is 130 Å². The zero-order valence-electron chi connectivity index (χ0n) is 14.0. The standard InChI is InChI=1S/C15H26O7/c1-14(2,3)12(18)20-7-8-10(9(16)11(17)21-8)22-13(19)15(4,5)6/h8-11,16-17H,7H2,1-6H3/t8-,9-,10+,11?/m1/s1. The second-order valence-electron chi connectivity index (χ2n) is 7.52. The molecule has 7 nitrogen and oxygen atoms in total. The Hall–Kier alpha value is -1.18. The van der Waals surface area contributed by atoms with Crippen LogP contribution in [0.2, 0.25) is 0 Å². The maximum atomic E-state index is 11.9. The molecule has 2 N–H and O–H groups in total. The number of hydrogen-bond donors (Lipinski definition) is 2. The fraction of sp³-hybridized carbons (Fsp3) is 0.867. The average molecular weight is 318 g/mol. The monoisotopic (exact) mass is 318 g/mol.